The molecule has 0 radical (unpaired) electrons. The van der Waals surface area contributed by atoms with Crippen LogP contribution in [0, 0.1) is 10.1 Å². The van der Waals surface area contributed by atoms with Crippen LogP contribution in [0.5, 0.6) is 0 Å². The number of aryl methyl sites for hydroxylation is 1. The summed E-state index contributed by atoms with van der Waals surface area (Å²) >= 11 is 0. The van der Waals surface area contributed by atoms with Crippen LogP contribution in [0.2, 0.25) is 0 Å². The second kappa shape index (κ2) is 9.53. The van der Waals surface area contributed by atoms with Crippen LogP contribution in [0.25, 0.3) is 21.8 Å². The number of nitrogens with zero attached hydrogens (tertiary/aromatic N) is 3. The highest BCUT2D eigenvalue weighted by molar-refractivity contribution is 6.11. The van der Waals surface area contributed by atoms with Crippen molar-refractivity contribution in [3.8, 4) is 0 Å². The maximum atomic E-state index is 12.5. The first kappa shape index (κ1) is 22.7. The Labute approximate surface area is 195 Å². The number of hydrogen-bond donors (Lipinski definition) is 2. The highest BCUT2D eigenvalue weighted by Crippen LogP contribution is 2.31. The van der Waals surface area contributed by atoms with Gasteiger partial charge in [-0.2, -0.15) is 5.10 Å². The molecule has 0 saturated heterocycles. The van der Waals surface area contributed by atoms with Crippen molar-refractivity contribution in [2.75, 3.05) is 5.32 Å². The van der Waals surface area contributed by atoms with E-state index >= 15 is 0 Å². The Bertz CT molecular complexity index is 1450. The Balaban J connectivity index is 1.45. The van der Waals surface area contributed by atoms with E-state index in [0.29, 0.717) is 11.4 Å². The van der Waals surface area contributed by atoms with Gasteiger partial charge in [-0.3, -0.25) is 19.7 Å². The topological polar surface area (TPSA) is 119 Å². The number of carbonyl (C=O) groups excluding carboxylic acids is 2. The van der Waals surface area contributed by atoms with Crippen LogP contribution in [0.3, 0.4) is 0 Å². The van der Waals surface area contributed by atoms with Crippen LogP contribution >= 0.6 is 0 Å². The maximum Gasteiger partial charge on any atom is 0.282 e. The number of amides is 2. The van der Waals surface area contributed by atoms with E-state index in [-0.39, 0.29) is 23.6 Å². The molecule has 172 valence electrons. The third-order valence-electron chi connectivity index (χ3n) is 5.48. The fourth-order valence-electron chi connectivity index (χ4n) is 3.98. The van der Waals surface area contributed by atoms with Gasteiger partial charge in [0.05, 0.1) is 11.3 Å². The Morgan fingerprint density at radius 2 is 1.71 bits per heavy atom. The molecule has 4 aromatic rings. The summed E-state index contributed by atoms with van der Waals surface area (Å²) in [5.74, 6) is -1.01. The lowest BCUT2D eigenvalue weighted by atomic mass is 10.1. The van der Waals surface area contributed by atoms with Crippen molar-refractivity contribution in [3.05, 3.63) is 82.4 Å². The molecular weight excluding hydrogens is 434 g/mol. The number of carbonyl (C=O) groups is 2. The lowest BCUT2D eigenvalue weighted by Crippen LogP contribution is -2.22. The van der Waals surface area contributed by atoms with Gasteiger partial charge in [0.1, 0.15) is 5.56 Å². The molecule has 0 aliphatic heterocycles. The first-order chi connectivity index (χ1) is 16.4. The molecular formula is C25H23N5O4. The van der Waals surface area contributed by atoms with Gasteiger partial charge < -0.3 is 9.88 Å². The third kappa shape index (κ3) is 4.49. The van der Waals surface area contributed by atoms with Gasteiger partial charge in [-0.15, -0.1) is 0 Å². The zero-order valence-electron chi connectivity index (χ0n) is 18.7. The number of benzene rings is 3. The summed E-state index contributed by atoms with van der Waals surface area (Å²) in [6.07, 6.45) is -0.0497. The predicted octanol–water partition coefficient (Wildman–Crippen LogP) is 4.86. The minimum atomic E-state index is -0.718. The van der Waals surface area contributed by atoms with E-state index in [4.69, 9.17) is 0 Å². The number of rotatable bonds is 7. The van der Waals surface area contributed by atoms with Gasteiger partial charge in [0.15, 0.2) is 0 Å². The summed E-state index contributed by atoms with van der Waals surface area (Å²) in [6, 6.07) is 19.5. The van der Waals surface area contributed by atoms with Crippen molar-refractivity contribution in [2.24, 2.45) is 5.10 Å². The number of anilines is 1. The number of aromatic nitrogens is 1. The molecule has 3 aromatic carbocycles. The molecule has 0 spiro atoms. The number of fused-ring (bicyclic) bond motifs is 3. The van der Waals surface area contributed by atoms with E-state index in [1.165, 1.54) is 24.3 Å². The molecule has 0 aliphatic carbocycles. The van der Waals surface area contributed by atoms with E-state index in [1.54, 1.807) is 6.92 Å². The van der Waals surface area contributed by atoms with Gasteiger partial charge in [0.2, 0.25) is 5.91 Å². The van der Waals surface area contributed by atoms with Gasteiger partial charge >= 0.3 is 0 Å². The van der Waals surface area contributed by atoms with Gasteiger partial charge in [-0.05, 0) is 44.2 Å². The van der Waals surface area contributed by atoms with E-state index in [0.717, 1.165) is 28.4 Å². The molecule has 9 heteroatoms. The Morgan fingerprint density at radius 3 is 2.47 bits per heavy atom. The Kier molecular flexibility index (Phi) is 6.35. The summed E-state index contributed by atoms with van der Waals surface area (Å²) in [4.78, 5) is 35.3. The number of nitrogens with one attached hydrogen (secondary N) is 2. The van der Waals surface area contributed by atoms with Crippen molar-refractivity contribution >= 4 is 50.7 Å². The number of nitro groups is 1. The first-order valence-corrected chi connectivity index (χ1v) is 10.8. The van der Waals surface area contributed by atoms with Gasteiger partial charge in [-0.25, -0.2) is 5.43 Å². The van der Waals surface area contributed by atoms with Gasteiger partial charge in [0.25, 0.3) is 11.6 Å². The Morgan fingerprint density at radius 1 is 1.00 bits per heavy atom. The first-order valence-electron chi connectivity index (χ1n) is 10.8. The van der Waals surface area contributed by atoms with E-state index in [1.807, 2.05) is 30.3 Å². The molecule has 0 bridgehead atoms. The summed E-state index contributed by atoms with van der Waals surface area (Å²) in [5.41, 5.74) is 5.11. The van der Waals surface area contributed by atoms with E-state index < -0.39 is 10.8 Å². The molecule has 0 atom stereocenters. The van der Waals surface area contributed by atoms with E-state index in [2.05, 4.69) is 39.5 Å². The largest absolute Gasteiger partial charge is 0.341 e. The number of para-hydroxylation sites is 2. The van der Waals surface area contributed by atoms with Crippen LogP contribution in [0.15, 0.2) is 71.8 Å². The Hall–Kier alpha value is -4.53. The van der Waals surface area contributed by atoms with Crippen molar-refractivity contribution in [2.45, 2.75) is 26.8 Å². The van der Waals surface area contributed by atoms with Crippen LogP contribution in [0.1, 0.15) is 30.6 Å². The molecule has 2 N–H and O–H groups in total. The zero-order valence-corrected chi connectivity index (χ0v) is 18.7. The molecule has 0 aliphatic rings. The molecule has 0 saturated carbocycles. The summed E-state index contributed by atoms with van der Waals surface area (Å²) in [7, 11) is 0. The average molecular weight is 457 g/mol. The fraction of sp³-hybridized carbons (Fsp3) is 0.160. The minimum absolute atomic E-state index is 0.0497. The second-order valence-electron chi connectivity index (χ2n) is 7.78. The number of nitro benzene ring substituents is 1. The lowest BCUT2D eigenvalue weighted by Gasteiger charge is -2.07. The van der Waals surface area contributed by atoms with Crippen molar-refractivity contribution in [3.63, 3.8) is 0 Å². The molecule has 0 unspecified atom stereocenters. The zero-order chi connectivity index (χ0) is 24.2. The summed E-state index contributed by atoms with van der Waals surface area (Å²) < 4.78 is 2.23. The third-order valence-corrected chi connectivity index (χ3v) is 5.48. The highest BCUT2D eigenvalue weighted by atomic mass is 16.6. The van der Waals surface area contributed by atoms with Gasteiger partial charge in [-0.1, -0.05) is 30.3 Å². The predicted molar refractivity (Wildman–Crippen MR) is 132 cm³/mol. The number of hydrazone groups is 1. The SMILES string of the molecule is CCn1c2ccccc2c2cc(NC(=O)C/C(C)=N/NC(=O)c3ccccc3[N+](=O)[O-])ccc21. The quantitative estimate of drug-likeness (QED) is 0.234. The molecule has 0 fully saturated rings. The van der Waals surface area contributed by atoms with Crippen molar-refractivity contribution in [1.82, 2.24) is 9.99 Å². The normalized spacial score (nSPS) is 11.5. The van der Waals surface area contributed by atoms with Crippen LogP contribution in [0.4, 0.5) is 11.4 Å². The highest BCUT2D eigenvalue weighted by Gasteiger charge is 2.19. The van der Waals surface area contributed by atoms with Crippen LogP contribution < -0.4 is 10.7 Å². The fourth-order valence-corrected chi connectivity index (χ4v) is 3.98. The summed E-state index contributed by atoms with van der Waals surface area (Å²) in [6.45, 7) is 4.53. The summed E-state index contributed by atoms with van der Waals surface area (Å²) in [5, 5.41) is 20.0. The van der Waals surface area contributed by atoms with Gasteiger partial charge in [0, 0.05) is 45.8 Å². The minimum Gasteiger partial charge on any atom is -0.341 e. The molecule has 1 aromatic heterocycles. The van der Waals surface area contributed by atoms with Crippen molar-refractivity contribution < 1.29 is 14.5 Å². The molecule has 34 heavy (non-hydrogen) atoms. The van der Waals surface area contributed by atoms with Crippen LogP contribution in [-0.2, 0) is 11.3 Å². The average Bonchev–Trinajstić information content (AvgIpc) is 3.15. The monoisotopic (exact) mass is 457 g/mol. The van der Waals surface area contributed by atoms with Crippen molar-refractivity contribution in [1.29, 1.82) is 0 Å². The molecule has 4 rings (SSSR count). The molecule has 2 amide bonds. The number of hydrogen-bond acceptors (Lipinski definition) is 5. The molecule has 1 heterocycles. The second-order valence-corrected chi connectivity index (χ2v) is 7.78. The smallest absolute Gasteiger partial charge is 0.282 e. The standard InChI is InChI=1S/C25H23N5O4/c1-3-29-21-10-6-4-8-18(21)20-15-17(12-13-22(20)29)26-24(31)14-16(2)27-28-25(32)19-9-5-7-11-23(19)30(33)34/h4-13,15H,3,14H2,1-2H3,(H,26,31)(H,28,32)/b27-16+. The lowest BCUT2D eigenvalue weighted by molar-refractivity contribution is -0.385. The van der Waals surface area contributed by atoms with Crippen LogP contribution in [-0.4, -0.2) is 27.0 Å². The van der Waals surface area contributed by atoms with E-state index in [9.17, 15) is 19.7 Å². The molecule has 9 nitrogen and oxygen atoms in total. The maximum absolute atomic E-state index is 12.5.